The van der Waals surface area contributed by atoms with E-state index in [1.807, 2.05) is 60.7 Å². The van der Waals surface area contributed by atoms with Crippen LogP contribution in [0.15, 0.2) is 91.0 Å². The highest BCUT2D eigenvalue weighted by atomic mass is 19.1. The third-order valence-electron chi connectivity index (χ3n) is 5.05. The lowest BCUT2D eigenvalue weighted by molar-refractivity contribution is 0.0927. The molecule has 0 spiro atoms. The van der Waals surface area contributed by atoms with Crippen molar-refractivity contribution < 1.29 is 9.18 Å². The highest BCUT2D eigenvalue weighted by molar-refractivity contribution is 5.94. The van der Waals surface area contributed by atoms with Gasteiger partial charge in [-0.25, -0.2) is 4.39 Å². The highest BCUT2D eigenvalue weighted by Gasteiger charge is 2.20. The molecule has 3 aromatic carbocycles. The summed E-state index contributed by atoms with van der Waals surface area (Å²) in [4.78, 5) is 13.1. The highest BCUT2D eigenvalue weighted by Crippen LogP contribution is 2.23. The summed E-state index contributed by atoms with van der Waals surface area (Å²) in [6.07, 6.45) is 0.661. The summed E-state index contributed by atoms with van der Waals surface area (Å²) in [6, 6.07) is 27.7. The molecule has 0 bridgehead atoms. The van der Waals surface area contributed by atoms with Crippen molar-refractivity contribution in [1.29, 1.82) is 0 Å². The summed E-state index contributed by atoms with van der Waals surface area (Å²) in [7, 11) is 1.69. The minimum Gasteiger partial charge on any atom is -0.344 e. The van der Waals surface area contributed by atoms with E-state index in [4.69, 9.17) is 0 Å². The summed E-state index contributed by atoms with van der Waals surface area (Å²) >= 11 is 0. The number of carbonyl (C=O) groups is 1. The predicted octanol–water partition coefficient (Wildman–Crippen LogP) is 4.94. The first-order valence-electron chi connectivity index (χ1n) is 9.80. The molecule has 1 heterocycles. The number of carbonyl (C=O) groups excluding carboxylic acids is 1. The Hall–Kier alpha value is -3.73. The molecule has 4 aromatic rings. The molecule has 0 aliphatic rings. The number of rotatable bonds is 6. The van der Waals surface area contributed by atoms with Gasteiger partial charge in [-0.2, -0.15) is 5.10 Å². The number of nitrogens with one attached hydrogen (secondary N) is 1. The molecule has 1 amide bonds. The van der Waals surface area contributed by atoms with Crippen molar-refractivity contribution in [3.8, 4) is 11.3 Å². The summed E-state index contributed by atoms with van der Waals surface area (Å²) in [5.41, 5.74) is 3.33. The smallest absolute Gasteiger partial charge is 0.270 e. The Morgan fingerprint density at radius 3 is 2.30 bits per heavy atom. The molecular formula is C25H22FN3O. The molecule has 5 heteroatoms. The van der Waals surface area contributed by atoms with E-state index in [-0.39, 0.29) is 17.8 Å². The van der Waals surface area contributed by atoms with Gasteiger partial charge >= 0.3 is 0 Å². The molecule has 1 N–H and O–H groups in total. The van der Waals surface area contributed by atoms with Crippen molar-refractivity contribution in [3.63, 3.8) is 0 Å². The van der Waals surface area contributed by atoms with Crippen LogP contribution in [0.4, 0.5) is 4.39 Å². The molecule has 0 fully saturated rings. The van der Waals surface area contributed by atoms with Gasteiger partial charge in [0.15, 0.2) is 0 Å². The number of benzene rings is 3. The molecule has 0 saturated heterocycles. The monoisotopic (exact) mass is 399 g/mol. The Morgan fingerprint density at radius 2 is 1.60 bits per heavy atom. The fourth-order valence-corrected chi connectivity index (χ4v) is 3.50. The molecule has 1 aromatic heterocycles. The second-order valence-corrected chi connectivity index (χ2v) is 7.14. The van der Waals surface area contributed by atoms with Crippen molar-refractivity contribution in [2.75, 3.05) is 0 Å². The molecule has 0 aliphatic heterocycles. The largest absolute Gasteiger partial charge is 0.344 e. The zero-order chi connectivity index (χ0) is 20.9. The maximum absolute atomic E-state index is 14.1. The number of halogens is 1. The molecule has 150 valence electrons. The first-order chi connectivity index (χ1) is 14.6. The quantitative estimate of drug-likeness (QED) is 0.499. The van der Waals surface area contributed by atoms with Gasteiger partial charge in [0, 0.05) is 12.6 Å². The van der Waals surface area contributed by atoms with E-state index in [0.29, 0.717) is 23.4 Å². The standard InChI is InChI=1S/C25H22FN3O/c1-29-24(17-23(28-29)20-14-8-9-15-21(20)26)25(30)27-22(19-12-6-3-7-13-19)16-18-10-4-2-5-11-18/h2-15,17,22H,16H2,1H3,(H,27,30)/t22-/m0/s1. The lowest BCUT2D eigenvalue weighted by Gasteiger charge is -2.19. The summed E-state index contributed by atoms with van der Waals surface area (Å²) in [6.45, 7) is 0. The normalized spacial score (nSPS) is 11.8. The third kappa shape index (κ3) is 4.30. The predicted molar refractivity (Wildman–Crippen MR) is 115 cm³/mol. The van der Waals surface area contributed by atoms with Gasteiger partial charge in [-0.3, -0.25) is 9.48 Å². The number of aryl methyl sites for hydroxylation is 1. The van der Waals surface area contributed by atoms with Gasteiger partial charge in [-0.1, -0.05) is 72.8 Å². The number of hydrogen-bond acceptors (Lipinski definition) is 2. The van der Waals surface area contributed by atoms with E-state index in [1.165, 1.54) is 10.7 Å². The van der Waals surface area contributed by atoms with E-state index >= 15 is 0 Å². The number of nitrogens with zero attached hydrogens (tertiary/aromatic N) is 2. The van der Waals surface area contributed by atoms with Crippen molar-refractivity contribution in [3.05, 3.63) is 114 Å². The van der Waals surface area contributed by atoms with Crippen molar-refractivity contribution in [2.24, 2.45) is 7.05 Å². The number of aromatic nitrogens is 2. The van der Waals surface area contributed by atoms with E-state index in [2.05, 4.69) is 10.4 Å². The van der Waals surface area contributed by atoms with E-state index in [0.717, 1.165) is 11.1 Å². The zero-order valence-corrected chi connectivity index (χ0v) is 16.6. The Labute approximate surface area is 175 Å². The zero-order valence-electron chi connectivity index (χ0n) is 16.6. The number of amides is 1. The Balaban J connectivity index is 1.61. The van der Waals surface area contributed by atoms with Crippen LogP contribution in [0, 0.1) is 5.82 Å². The molecule has 1 atom stereocenters. The fraction of sp³-hybridized carbons (Fsp3) is 0.120. The first-order valence-corrected chi connectivity index (χ1v) is 9.80. The number of hydrogen-bond donors (Lipinski definition) is 1. The van der Waals surface area contributed by atoms with Crippen LogP contribution >= 0.6 is 0 Å². The van der Waals surface area contributed by atoms with E-state index in [9.17, 15) is 9.18 Å². The maximum Gasteiger partial charge on any atom is 0.270 e. The molecule has 4 rings (SSSR count). The van der Waals surface area contributed by atoms with Gasteiger partial charge in [-0.05, 0) is 35.7 Å². The summed E-state index contributed by atoms with van der Waals surface area (Å²) in [5, 5.41) is 7.47. The lowest BCUT2D eigenvalue weighted by Crippen LogP contribution is -2.31. The van der Waals surface area contributed by atoms with Crippen molar-refractivity contribution in [2.45, 2.75) is 12.5 Å². The Kier molecular flexibility index (Phi) is 5.70. The van der Waals surface area contributed by atoms with Gasteiger partial charge in [0.2, 0.25) is 0 Å². The van der Waals surface area contributed by atoms with Crippen LogP contribution in [0.3, 0.4) is 0 Å². The topological polar surface area (TPSA) is 46.9 Å². The van der Waals surface area contributed by atoms with Gasteiger partial charge < -0.3 is 5.32 Å². The van der Waals surface area contributed by atoms with Crippen LogP contribution in [0.2, 0.25) is 0 Å². The van der Waals surface area contributed by atoms with Crippen LogP contribution in [0.1, 0.15) is 27.7 Å². The molecular weight excluding hydrogens is 377 g/mol. The van der Waals surface area contributed by atoms with Crippen molar-refractivity contribution in [1.82, 2.24) is 15.1 Å². The van der Waals surface area contributed by atoms with Gasteiger partial charge in [-0.15, -0.1) is 0 Å². The SMILES string of the molecule is Cn1nc(-c2ccccc2F)cc1C(=O)N[C@@H](Cc1ccccc1)c1ccccc1. The van der Waals surface area contributed by atoms with Crippen molar-refractivity contribution >= 4 is 5.91 Å². The average molecular weight is 399 g/mol. The second-order valence-electron chi connectivity index (χ2n) is 7.14. The van der Waals surface area contributed by atoms with E-state index in [1.54, 1.807) is 31.3 Å². The third-order valence-corrected chi connectivity index (χ3v) is 5.05. The van der Waals surface area contributed by atoms with Gasteiger partial charge in [0.1, 0.15) is 11.5 Å². The molecule has 0 radical (unpaired) electrons. The molecule has 30 heavy (non-hydrogen) atoms. The molecule has 0 aliphatic carbocycles. The van der Waals surface area contributed by atoms with Crippen LogP contribution in [-0.4, -0.2) is 15.7 Å². The van der Waals surface area contributed by atoms with Crippen LogP contribution in [0.25, 0.3) is 11.3 Å². The summed E-state index contributed by atoms with van der Waals surface area (Å²) < 4.78 is 15.6. The lowest BCUT2D eigenvalue weighted by atomic mass is 9.98. The second kappa shape index (κ2) is 8.74. The maximum atomic E-state index is 14.1. The average Bonchev–Trinajstić information content (AvgIpc) is 3.16. The molecule has 0 saturated carbocycles. The molecule has 0 unspecified atom stereocenters. The van der Waals surface area contributed by atoms with E-state index < -0.39 is 0 Å². The Bertz CT molecular complexity index is 1140. The minimum atomic E-state index is -0.367. The van der Waals surface area contributed by atoms with Gasteiger partial charge in [0.25, 0.3) is 5.91 Å². The minimum absolute atomic E-state index is 0.201. The summed E-state index contributed by atoms with van der Waals surface area (Å²) in [5.74, 6) is -0.619. The first kappa shape index (κ1) is 19.6. The van der Waals surface area contributed by atoms with Crippen LogP contribution < -0.4 is 5.32 Å². The fourth-order valence-electron chi connectivity index (χ4n) is 3.50. The molecule has 4 nitrogen and oxygen atoms in total. The van der Waals surface area contributed by atoms with Crippen LogP contribution in [-0.2, 0) is 13.5 Å². The Morgan fingerprint density at radius 1 is 0.967 bits per heavy atom. The van der Waals surface area contributed by atoms with Gasteiger partial charge in [0.05, 0.1) is 11.7 Å². The van der Waals surface area contributed by atoms with Crippen LogP contribution in [0.5, 0.6) is 0 Å².